The van der Waals surface area contributed by atoms with Gasteiger partial charge in [0.1, 0.15) is 10.6 Å². The van der Waals surface area contributed by atoms with Gasteiger partial charge in [-0.2, -0.15) is 0 Å². The van der Waals surface area contributed by atoms with Gasteiger partial charge in [0, 0.05) is 37.0 Å². The molecule has 37 heavy (non-hydrogen) atoms. The van der Waals surface area contributed by atoms with E-state index in [2.05, 4.69) is 22.5 Å². The normalized spacial score (nSPS) is 16.8. The van der Waals surface area contributed by atoms with Crippen LogP contribution in [-0.4, -0.2) is 87.6 Å². The van der Waals surface area contributed by atoms with E-state index in [0.29, 0.717) is 49.3 Å². The first-order valence-corrected chi connectivity index (χ1v) is 14.1. The molecule has 1 aliphatic rings. The minimum atomic E-state index is -3.51. The molecule has 1 fully saturated rings. The Morgan fingerprint density at radius 2 is 1.89 bits per heavy atom. The third-order valence-electron chi connectivity index (χ3n) is 6.57. The van der Waals surface area contributed by atoms with Crippen LogP contribution < -0.4 is 15.5 Å². The number of carbonyl (C=O) groups excluding carboxylic acids is 1. The molecule has 0 saturated carbocycles. The van der Waals surface area contributed by atoms with Crippen LogP contribution in [0, 0.1) is 0 Å². The fourth-order valence-electron chi connectivity index (χ4n) is 4.09. The molecular weight excluding hydrogens is 492 g/mol. The summed E-state index contributed by atoms with van der Waals surface area (Å²) >= 11 is 0. The molecule has 0 spiro atoms. The molecule has 0 unspecified atom stereocenters. The van der Waals surface area contributed by atoms with E-state index in [9.17, 15) is 13.2 Å². The summed E-state index contributed by atoms with van der Waals surface area (Å²) in [5.74, 6) is 1.10. The molecule has 3 rings (SSSR count). The van der Waals surface area contributed by atoms with E-state index in [1.54, 1.807) is 45.9 Å². The van der Waals surface area contributed by atoms with Gasteiger partial charge >= 0.3 is 6.03 Å². The van der Waals surface area contributed by atoms with E-state index in [-0.39, 0.29) is 12.1 Å². The van der Waals surface area contributed by atoms with Crippen molar-refractivity contribution >= 4 is 27.4 Å². The Morgan fingerprint density at radius 1 is 1.22 bits per heavy atom. The van der Waals surface area contributed by atoms with Crippen LogP contribution in [0.3, 0.4) is 0 Å². The lowest BCUT2D eigenvalue weighted by Gasteiger charge is -2.35. The van der Waals surface area contributed by atoms with Crippen LogP contribution in [0.2, 0.25) is 0 Å². The summed E-state index contributed by atoms with van der Waals surface area (Å²) in [7, 11) is 0.375. The number of rotatable bonds is 9. The zero-order valence-electron chi connectivity index (χ0n) is 22.9. The second-order valence-corrected chi connectivity index (χ2v) is 13.5. The van der Waals surface area contributed by atoms with Crippen molar-refractivity contribution in [3.8, 4) is 11.4 Å². The summed E-state index contributed by atoms with van der Waals surface area (Å²) in [6.45, 7) is 11.9. The van der Waals surface area contributed by atoms with Crippen molar-refractivity contribution in [3.63, 3.8) is 0 Å². The molecule has 1 aliphatic heterocycles. The highest BCUT2D eigenvalue weighted by molar-refractivity contribution is 7.92. The highest BCUT2D eigenvalue weighted by Gasteiger charge is 2.40. The number of aromatic nitrogens is 2. The second-order valence-electron chi connectivity index (χ2n) is 10.4. The predicted octanol–water partition coefficient (Wildman–Crippen LogP) is 3.11. The molecular formula is C26H40N6O4S. The Labute approximate surface area is 220 Å². The van der Waals surface area contributed by atoms with Gasteiger partial charge in [-0.25, -0.2) is 23.2 Å². The van der Waals surface area contributed by atoms with Gasteiger partial charge in [0.15, 0.2) is 15.7 Å². The number of anilines is 2. The summed E-state index contributed by atoms with van der Waals surface area (Å²) in [4.78, 5) is 25.8. The van der Waals surface area contributed by atoms with E-state index in [4.69, 9.17) is 14.7 Å². The highest BCUT2D eigenvalue weighted by Crippen LogP contribution is 2.35. The molecule has 11 heteroatoms. The molecule has 1 aromatic heterocycles. The summed E-state index contributed by atoms with van der Waals surface area (Å²) in [6.07, 6.45) is 0. The monoisotopic (exact) mass is 532 g/mol. The maximum atomic E-state index is 13.3. The van der Waals surface area contributed by atoms with Gasteiger partial charge in [0.05, 0.1) is 30.2 Å². The third kappa shape index (κ3) is 6.77. The van der Waals surface area contributed by atoms with Crippen molar-refractivity contribution in [2.75, 3.05) is 57.2 Å². The standard InChI is InChI=1S/C26H40N6O4S/c1-18(2)37(34,35)26(4,5)22-16-23(32-14-15-36-17-19(32)3)30-24(29-22)20-8-10-21(11-9-20)28-25(33)27-12-13-31(6)7/h8-11,16,18-19H,12-15,17H2,1-7H3,(H2,27,28,33)/t19-/m0/s1. The van der Waals surface area contributed by atoms with Crippen LogP contribution in [-0.2, 0) is 19.3 Å². The predicted molar refractivity (Wildman–Crippen MR) is 148 cm³/mol. The van der Waals surface area contributed by atoms with Gasteiger partial charge in [0.25, 0.3) is 0 Å². The van der Waals surface area contributed by atoms with Gasteiger partial charge in [0.2, 0.25) is 0 Å². The van der Waals surface area contributed by atoms with Crippen LogP contribution in [0.15, 0.2) is 30.3 Å². The number of sulfone groups is 1. The quantitative estimate of drug-likeness (QED) is 0.506. The Bertz CT molecular complexity index is 1180. The lowest BCUT2D eigenvalue weighted by Crippen LogP contribution is -2.44. The van der Waals surface area contributed by atoms with Gasteiger partial charge in [-0.1, -0.05) is 0 Å². The molecule has 2 aromatic rings. The van der Waals surface area contributed by atoms with E-state index in [1.807, 2.05) is 31.1 Å². The molecule has 2 N–H and O–H groups in total. The minimum Gasteiger partial charge on any atom is -0.377 e. The van der Waals surface area contributed by atoms with Crippen molar-refractivity contribution in [1.29, 1.82) is 0 Å². The lowest BCUT2D eigenvalue weighted by atomic mass is 10.1. The fourth-order valence-corrected chi connectivity index (χ4v) is 5.67. The summed E-state index contributed by atoms with van der Waals surface area (Å²) in [6, 6.07) is 8.81. The van der Waals surface area contributed by atoms with Crippen molar-refractivity contribution < 1.29 is 17.9 Å². The smallest absolute Gasteiger partial charge is 0.319 e. The molecule has 0 radical (unpaired) electrons. The molecule has 2 amide bonds. The second kappa shape index (κ2) is 11.7. The van der Waals surface area contributed by atoms with E-state index >= 15 is 0 Å². The molecule has 204 valence electrons. The largest absolute Gasteiger partial charge is 0.377 e. The van der Waals surface area contributed by atoms with Crippen molar-refractivity contribution in [3.05, 3.63) is 36.0 Å². The number of hydrogen-bond acceptors (Lipinski definition) is 8. The number of urea groups is 1. The van der Waals surface area contributed by atoms with Crippen LogP contribution >= 0.6 is 0 Å². The minimum absolute atomic E-state index is 0.0896. The van der Waals surface area contributed by atoms with Crippen molar-refractivity contribution in [2.45, 2.75) is 50.7 Å². The summed E-state index contributed by atoms with van der Waals surface area (Å²) < 4.78 is 30.9. The zero-order chi connectivity index (χ0) is 27.4. The topological polar surface area (TPSA) is 117 Å². The van der Waals surface area contributed by atoms with Gasteiger partial charge in [-0.3, -0.25) is 0 Å². The van der Waals surface area contributed by atoms with Crippen LogP contribution in [0.25, 0.3) is 11.4 Å². The molecule has 0 bridgehead atoms. The highest BCUT2D eigenvalue weighted by atomic mass is 32.2. The fraction of sp³-hybridized carbons (Fsp3) is 0.577. The van der Waals surface area contributed by atoms with E-state index in [1.165, 1.54) is 0 Å². The summed E-state index contributed by atoms with van der Waals surface area (Å²) in [5, 5.41) is 5.08. The number of likely N-dealkylation sites (N-methyl/N-ethyl adjacent to an activating group) is 1. The Balaban J connectivity index is 1.95. The Hall–Kier alpha value is -2.76. The number of nitrogens with zero attached hydrogens (tertiary/aromatic N) is 4. The third-order valence-corrected chi connectivity index (χ3v) is 9.44. The van der Waals surface area contributed by atoms with Crippen LogP contribution in [0.5, 0.6) is 0 Å². The number of carbonyl (C=O) groups is 1. The van der Waals surface area contributed by atoms with Crippen LogP contribution in [0.1, 0.15) is 40.3 Å². The summed E-state index contributed by atoms with van der Waals surface area (Å²) in [5.41, 5.74) is 1.80. The molecule has 10 nitrogen and oxygen atoms in total. The van der Waals surface area contributed by atoms with E-state index in [0.717, 1.165) is 12.1 Å². The molecule has 2 heterocycles. The average molecular weight is 533 g/mol. The van der Waals surface area contributed by atoms with Gasteiger partial charge in [-0.15, -0.1) is 0 Å². The Morgan fingerprint density at radius 3 is 2.49 bits per heavy atom. The average Bonchev–Trinajstić information content (AvgIpc) is 2.84. The maximum Gasteiger partial charge on any atom is 0.319 e. The van der Waals surface area contributed by atoms with Gasteiger partial charge in [-0.05, 0) is 73.0 Å². The van der Waals surface area contributed by atoms with E-state index < -0.39 is 19.8 Å². The molecule has 1 atom stereocenters. The first kappa shape index (κ1) is 28.8. The Kier molecular flexibility index (Phi) is 9.14. The van der Waals surface area contributed by atoms with Gasteiger partial charge < -0.3 is 25.2 Å². The SMILES string of the molecule is CC(C)S(=O)(=O)C(C)(C)c1cc(N2CCOC[C@@H]2C)nc(-c2ccc(NC(=O)NCCN(C)C)cc2)n1. The number of benzene rings is 1. The first-order valence-electron chi connectivity index (χ1n) is 12.6. The lowest BCUT2D eigenvalue weighted by molar-refractivity contribution is 0.0985. The molecule has 1 aromatic carbocycles. The number of amides is 2. The zero-order valence-corrected chi connectivity index (χ0v) is 23.7. The van der Waals surface area contributed by atoms with Crippen molar-refractivity contribution in [1.82, 2.24) is 20.2 Å². The molecule has 0 aliphatic carbocycles. The first-order chi connectivity index (χ1) is 17.3. The van der Waals surface area contributed by atoms with Crippen LogP contribution in [0.4, 0.5) is 16.3 Å². The number of hydrogen-bond donors (Lipinski definition) is 2. The number of morpholine rings is 1. The molecule has 1 saturated heterocycles. The number of nitrogens with one attached hydrogen (secondary N) is 2. The van der Waals surface area contributed by atoms with Crippen molar-refractivity contribution in [2.24, 2.45) is 0 Å². The number of ether oxygens (including phenoxy) is 1. The maximum absolute atomic E-state index is 13.3.